The van der Waals surface area contributed by atoms with E-state index in [4.69, 9.17) is 4.74 Å². The molecule has 2 aliphatic rings. The van der Waals surface area contributed by atoms with Crippen molar-refractivity contribution < 1.29 is 14.3 Å². The van der Waals surface area contributed by atoms with E-state index in [2.05, 4.69) is 0 Å². The van der Waals surface area contributed by atoms with Crippen molar-refractivity contribution in [2.75, 3.05) is 6.61 Å². The lowest BCUT2D eigenvalue weighted by molar-refractivity contribution is -0.145. The molecule has 1 saturated carbocycles. The number of carbonyl (C=O) groups excluding carboxylic acids is 2. The number of fused-ring (bicyclic) bond motifs is 1. The minimum Gasteiger partial charge on any atom is -0.466 e. The number of allylic oxidation sites excluding steroid dienone is 2. The summed E-state index contributed by atoms with van der Waals surface area (Å²) in [6.45, 7) is 4.02. The summed E-state index contributed by atoms with van der Waals surface area (Å²) in [7, 11) is 0. The second-order valence-corrected chi connectivity index (χ2v) is 5.10. The highest BCUT2D eigenvalue weighted by Crippen LogP contribution is 2.61. The highest BCUT2D eigenvalue weighted by atomic mass is 16.5. The quantitative estimate of drug-likeness (QED) is 0.780. The van der Waals surface area contributed by atoms with Gasteiger partial charge in [0.15, 0.2) is 5.78 Å². The van der Waals surface area contributed by atoms with Crippen molar-refractivity contribution in [2.24, 2.45) is 17.8 Å². The lowest BCUT2D eigenvalue weighted by Crippen LogP contribution is -2.14. The molecule has 1 fully saturated rings. The van der Waals surface area contributed by atoms with Gasteiger partial charge in [0.25, 0.3) is 0 Å². The molecule has 3 heteroatoms. The summed E-state index contributed by atoms with van der Waals surface area (Å²) in [5, 5.41) is 0. The van der Waals surface area contributed by atoms with Gasteiger partial charge in [0, 0.05) is 11.8 Å². The third kappa shape index (κ3) is 1.72. The van der Waals surface area contributed by atoms with Gasteiger partial charge in [-0.05, 0) is 30.6 Å². The Labute approximate surface area is 112 Å². The van der Waals surface area contributed by atoms with E-state index in [9.17, 15) is 9.59 Å². The number of ether oxygens (including phenoxy) is 1. The smallest absolute Gasteiger partial charge is 0.310 e. The predicted octanol–water partition coefficient (Wildman–Crippen LogP) is 2.47. The van der Waals surface area contributed by atoms with Crippen LogP contribution in [0.5, 0.6) is 0 Å². The molecule has 0 unspecified atom stereocenters. The van der Waals surface area contributed by atoms with Gasteiger partial charge in [0.1, 0.15) is 0 Å². The molecule has 3 nitrogen and oxygen atoms in total. The van der Waals surface area contributed by atoms with Gasteiger partial charge in [0.05, 0.1) is 12.5 Å². The second kappa shape index (κ2) is 4.34. The molecule has 98 valence electrons. The summed E-state index contributed by atoms with van der Waals surface area (Å²) < 4.78 is 5.06. The van der Waals surface area contributed by atoms with Gasteiger partial charge in [-0.25, -0.2) is 0 Å². The van der Waals surface area contributed by atoms with E-state index in [1.54, 1.807) is 6.92 Å². The zero-order chi connectivity index (χ0) is 13.6. The molecule has 3 atom stereocenters. The second-order valence-electron chi connectivity index (χ2n) is 5.10. The number of Topliss-reactive ketones (excluding diaryl/α,β-unsaturated/α-hetero) is 1. The van der Waals surface area contributed by atoms with Crippen molar-refractivity contribution in [3.05, 3.63) is 41.5 Å². The number of carbonyl (C=O) groups is 2. The van der Waals surface area contributed by atoms with E-state index in [1.165, 1.54) is 0 Å². The van der Waals surface area contributed by atoms with Crippen LogP contribution < -0.4 is 0 Å². The Kier molecular flexibility index (Phi) is 2.77. The zero-order valence-corrected chi connectivity index (χ0v) is 11.1. The number of hydrogen-bond acceptors (Lipinski definition) is 3. The minimum absolute atomic E-state index is 0.0361. The highest BCUT2D eigenvalue weighted by Gasteiger charge is 2.65. The zero-order valence-electron chi connectivity index (χ0n) is 11.1. The highest BCUT2D eigenvalue weighted by molar-refractivity contribution is 6.15. The maximum absolute atomic E-state index is 12.2. The molecule has 0 heterocycles. The first-order valence-electron chi connectivity index (χ1n) is 6.63. The van der Waals surface area contributed by atoms with Gasteiger partial charge in [-0.15, -0.1) is 0 Å². The largest absolute Gasteiger partial charge is 0.466 e. The molecule has 1 aromatic rings. The molecule has 0 amide bonds. The number of benzene rings is 1. The van der Waals surface area contributed by atoms with Gasteiger partial charge < -0.3 is 4.74 Å². The molecular formula is C16H16O3. The molecule has 1 aromatic carbocycles. The van der Waals surface area contributed by atoms with E-state index in [1.807, 2.05) is 37.3 Å². The number of rotatable bonds is 3. The molecule has 0 saturated heterocycles. The number of esters is 1. The van der Waals surface area contributed by atoms with Crippen LogP contribution in [0.1, 0.15) is 19.4 Å². The molecule has 0 bridgehead atoms. The van der Waals surface area contributed by atoms with Crippen LogP contribution in [0.25, 0.3) is 5.57 Å². The first-order valence-corrected chi connectivity index (χ1v) is 6.63. The van der Waals surface area contributed by atoms with Crippen LogP contribution in [-0.4, -0.2) is 18.4 Å². The first kappa shape index (κ1) is 12.2. The Morgan fingerprint density at radius 1 is 1.21 bits per heavy atom. The predicted molar refractivity (Wildman–Crippen MR) is 71.1 cm³/mol. The summed E-state index contributed by atoms with van der Waals surface area (Å²) in [5.74, 6) is -0.511. The normalized spacial score (nSPS) is 28.3. The van der Waals surface area contributed by atoms with E-state index >= 15 is 0 Å². The summed E-state index contributed by atoms with van der Waals surface area (Å²) >= 11 is 0. The van der Waals surface area contributed by atoms with Gasteiger partial charge in [-0.3, -0.25) is 9.59 Å². The number of hydrogen-bond donors (Lipinski definition) is 0. The Bertz CT molecular complexity index is 571. The molecular weight excluding hydrogens is 240 g/mol. The molecule has 0 N–H and O–H groups in total. The maximum atomic E-state index is 12.2. The van der Waals surface area contributed by atoms with Gasteiger partial charge in [-0.2, -0.15) is 0 Å². The third-order valence-electron chi connectivity index (χ3n) is 4.07. The fourth-order valence-corrected chi connectivity index (χ4v) is 3.19. The minimum atomic E-state index is -0.258. The van der Waals surface area contributed by atoms with Crippen LogP contribution in [0, 0.1) is 17.8 Å². The van der Waals surface area contributed by atoms with Crippen LogP contribution in [-0.2, 0) is 14.3 Å². The molecule has 3 rings (SSSR count). The van der Waals surface area contributed by atoms with Crippen molar-refractivity contribution in [1.29, 1.82) is 0 Å². The maximum Gasteiger partial charge on any atom is 0.310 e. The van der Waals surface area contributed by atoms with E-state index in [0.29, 0.717) is 6.61 Å². The molecule has 0 aromatic heterocycles. The molecule has 0 aliphatic heterocycles. The Morgan fingerprint density at radius 3 is 2.53 bits per heavy atom. The average Bonchev–Trinajstić information content (AvgIpc) is 3.08. The van der Waals surface area contributed by atoms with Gasteiger partial charge >= 0.3 is 5.97 Å². The fourth-order valence-electron chi connectivity index (χ4n) is 3.19. The molecule has 0 spiro atoms. The van der Waals surface area contributed by atoms with Crippen molar-refractivity contribution in [2.45, 2.75) is 13.8 Å². The van der Waals surface area contributed by atoms with Crippen LogP contribution >= 0.6 is 0 Å². The van der Waals surface area contributed by atoms with Crippen LogP contribution in [0.15, 0.2) is 35.9 Å². The van der Waals surface area contributed by atoms with Crippen LogP contribution in [0.3, 0.4) is 0 Å². The summed E-state index contributed by atoms with van der Waals surface area (Å²) in [4.78, 5) is 24.0. The van der Waals surface area contributed by atoms with Crippen molar-refractivity contribution in [3.8, 4) is 0 Å². The van der Waals surface area contributed by atoms with E-state index in [0.717, 1.165) is 16.7 Å². The fraction of sp³-hybridized carbons (Fsp3) is 0.375. The van der Waals surface area contributed by atoms with Crippen molar-refractivity contribution in [1.82, 2.24) is 0 Å². The first-order chi connectivity index (χ1) is 9.16. The van der Waals surface area contributed by atoms with Gasteiger partial charge in [0.2, 0.25) is 0 Å². The van der Waals surface area contributed by atoms with Crippen molar-refractivity contribution >= 4 is 17.3 Å². The summed E-state index contributed by atoms with van der Waals surface area (Å²) in [5.41, 5.74) is 2.89. The average molecular weight is 256 g/mol. The molecule has 0 radical (unpaired) electrons. The lowest BCUT2D eigenvalue weighted by atomic mass is 9.96. The molecule has 2 aliphatic carbocycles. The third-order valence-corrected chi connectivity index (χ3v) is 4.07. The van der Waals surface area contributed by atoms with Crippen LogP contribution in [0.4, 0.5) is 0 Å². The van der Waals surface area contributed by atoms with Crippen molar-refractivity contribution in [3.63, 3.8) is 0 Å². The Balaban J connectivity index is 1.93. The SMILES string of the molecule is CCOC(=O)[C@H]1[C@@H]2C(=O)C(C)=C(c3ccccc3)[C@H]12. The standard InChI is InChI=1S/C16H16O3/c1-3-19-16(18)14-12-11(9(2)15(17)13(12)14)10-7-5-4-6-8-10/h4-8,12-14H,3H2,1-2H3/t12-,13+,14+/m0/s1. The van der Waals surface area contributed by atoms with E-state index in [-0.39, 0.29) is 29.5 Å². The Hall–Kier alpha value is -1.90. The topological polar surface area (TPSA) is 43.4 Å². The monoisotopic (exact) mass is 256 g/mol. The van der Waals surface area contributed by atoms with Crippen LogP contribution in [0.2, 0.25) is 0 Å². The number of ketones is 1. The lowest BCUT2D eigenvalue weighted by Gasteiger charge is -2.09. The Morgan fingerprint density at radius 2 is 1.89 bits per heavy atom. The van der Waals surface area contributed by atoms with E-state index < -0.39 is 0 Å². The summed E-state index contributed by atoms with van der Waals surface area (Å²) in [6.07, 6.45) is 0. The molecule has 19 heavy (non-hydrogen) atoms. The summed E-state index contributed by atoms with van der Waals surface area (Å²) in [6, 6.07) is 9.85. The van der Waals surface area contributed by atoms with Gasteiger partial charge in [-0.1, -0.05) is 30.3 Å².